The van der Waals surface area contributed by atoms with E-state index in [0.29, 0.717) is 29.6 Å². The highest BCUT2D eigenvalue weighted by molar-refractivity contribution is 7.98. The molecule has 4 aromatic rings. The number of pyridine rings is 1. The summed E-state index contributed by atoms with van der Waals surface area (Å²) in [6, 6.07) is 19.8. The number of hydrogen-bond donors (Lipinski definition) is 3. The normalized spacial score (nSPS) is 10.5. The van der Waals surface area contributed by atoms with Crippen LogP contribution in [-0.4, -0.2) is 45.6 Å². The number of benzene rings is 2. The number of anilines is 2. The average Bonchev–Trinajstić information content (AvgIpc) is 2.88. The fourth-order valence-corrected chi connectivity index (χ4v) is 3.88. The van der Waals surface area contributed by atoms with Gasteiger partial charge in [-0.3, -0.25) is 10.3 Å². The van der Waals surface area contributed by atoms with Crippen molar-refractivity contribution in [2.45, 2.75) is 4.90 Å². The number of ether oxygens (including phenoxy) is 1. The van der Waals surface area contributed by atoms with E-state index in [2.05, 4.69) is 15.6 Å². The van der Waals surface area contributed by atoms with Crippen LogP contribution in [0, 0.1) is 0 Å². The average molecular weight is 474 g/mol. The van der Waals surface area contributed by atoms with Crippen molar-refractivity contribution in [3.63, 3.8) is 0 Å². The standard InChI is InChI=1S/C25H23N5O3S/c1-34-22-21(18-6-5-13-26-16-18)29-23(30-24(22)27-14-15-31)17-9-11-19(12-10-17)28-25(32)33-20-7-3-2-4-8-20/h2-13,16,31H,14-15H2,1H3,(H,28,32)(H,27,29,30). The van der Waals surface area contributed by atoms with Crippen LogP contribution in [0.2, 0.25) is 0 Å². The molecular weight excluding hydrogens is 450 g/mol. The first-order valence-corrected chi connectivity index (χ1v) is 11.8. The molecule has 0 saturated heterocycles. The quantitative estimate of drug-likeness (QED) is 0.309. The Morgan fingerprint density at radius 3 is 2.47 bits per heavy atom. The molecule has 2 heterocycles. The molecule has 2 aromatic heterocycles. The Morgan fingerprint density at radius 2 is 1.79 bits per heavy atom. The van der Waals surface area contributed by atoms with Crippen LogP contribution in [0.5, 0.6) is 5.75 Å². The molecule has 0 aliphatic carbocycles. The number of nitrogens with zero attached hydrogens (tertiary/aromatic N) is 3. The fraction of sp³-hybridized carbons (Fsp3) is 0.120. The van der Waals surface area contributed by atoms with Crippen LogP contribution in [-0.2, 0) is 0 Å². The number of thioether (sulfide) groups is 1. The molecule has 0 atom stereocenters. The van der Waals surface area contributed by atoms with Gasteiger partial charge in [0.25, 0.3) is 0 Å². The maximum Gasteiger partial charge on any atom is 0.417 e. The number of carbonyl (C=O) groups excluding carboxylic acids is 1. The number of amides is 1. The second-order valence-electron chi connectivity index (χ2n) is 7.07. The van der Waals surface area contributed by atoms with Crippen molar-refractivity contribution < 1.29 is 14.6 Å². The molecule has 0 radical (unpaired) electrons. The monoisotopic (exact) mass is 473 g/mol. The molecule has 0 aliphatic heterocycles. The molecule has 4 rings (SSSR count). The zero-order valence-corrected chi connectivity index (χ0v) is 19.2. The van der Waals surface area contributed by atoms with Crippen molar-refractivity contribution in [2.24, 2.45) is 0 Å². The number of nitrogens with one attached hydrogen (secondary N) is 2. The van der Waals surface area contributed by atoms with E-state index in [0.717, 1.165) is 21.7 Å². The van der Waals surface area contributed by atoms with E-state index in [9.17, 15) is 9.90 Å². The predicted octanol–water partition coefficient (Wildman–Crippen LogP) is 4.94. The molecule has 0 fully saturated rings. The van der Waals surface area contributed by atoms with Crippen LogP contribution in [0.15, 0.2) is 84.0 Å². The molecule has 0 saturated carbocycles. The van der Waals surface area contributed by atoms with Gasteiger partial charge in [-0.25, -0.2) is 14.8 Å². The Morgan fingerprint density at radius 1 is 1.00 bits per heavy atom. The number of aliphatic hydroxyl groups is 1. The van der Waals surface area contributed by atoms with Crippen LogP contribution >= 0.6 is 11.8 Å². The molecule has 1 amide bonds. The Kier molecular flexibility index (Phi) is 7.69. The van der Waals surface area contributed by atoms with Crippen molar-refractivity contribution in [1.82, 2.24) is 15.0 Å². The lowest BCUT2D eigenvalue weighted by atomic mass is 10.1. The Labute approximate surface area is 201 Å². The van der Waals surface area contributed by atoms with E-state index in [1.807, 2.05) is 36.6 Å². The van der Waals surface area contributed by atoms with E-state index >= 15 is 0 Å². The van der Waals surface area contributed by atoms with Gasteiger partial charge in [-0.2, -0.15) is 0 Å². The first-order chi connectivity index (χ1) is 16.7. The Hall–Kier alpha value is -3.95. The SMILES string of the molecule is CSc1c(NCCO)nc(-c2ccc(NC(=O)Oc3ccccc3)cc2)nc1-c1cccnc1. The van der Waals surface area contributed by atoms with E-state index in [1.165, 1.54) is 11.8 Å². The number of carbonyl (C=O) groups is 1. The zero-order chi connectivity index (χ0) is 23.8. The third kappa shape index (κ3) is 5.69. The molecular formula is C25H23N5O3S. The first-order valence-electron chi connectivity index (χ1n) is 10.5. The van der Waals surface area contributed by atoms with Crippen LogP contribution in [0.1, 0.15) is 0 Å². The molecule has 9 heteroatoms. The number of aliphatic hydroxyl groups excluding tert-OH is 1. The topological polar surface area (TPSA) is 109 Å². The van der Waals surface area contributed by atoms with Gasteiger partial charge < -0.3 is 15.2 Å². The van der Waals surface area contributed by atoms with Crippen molar-refractivity contribution in [3.05, 3.63) is 79.1 Å². The van der Waals surface area contributed by atoms with Gasteiger partial charge in [-0.1, -0.05) is 18.2 Å². The summed E-state index contributed by atoms with van der Waals surface area (Å²) in [6.07, 6.45) is 4.85. The highest BCUT2D eigenvalue weighted by Gasteiger charge is 2.17. The van der Waals surface area contributed by atoms with Crippen molar-refractivity contribution in [3.8, 4) is 28.4 Å². The Bertz CT molecular complexity index is 1240. The summed E-state index contributed by atoms with van der Waals surface area (Å²) in [7, 11) is 0. The van der Waals surface area contributed by atoms with Gasteiger partial charge in [0.15, 0.2) is 5.82 Å². The number of para-hydroxylation sites is 1. The summed E-state index contributed by atoms with van der Waals surface area (Å²) < 4.78 is 5.27. The summed E-state index contributed by atoms with van der Waals surface area (Å²) in [5.74, 6) is 1.61. The maximum absolute atomic E-state index is 12.2. The van der Waals surface area contributed by atoms with Gasteiger partial charge in [0.1, 0.15) is 11.6 Å². The molecule has 0 aliphatic rings. The van der Waals surface area contributed by atoms with Crippen molar-refractivity contribution >= 4 is 29.4 Å². The van der Waals surface area contributed by atoms with Crippen LogP contribution in [0.4, 0.5) is 16.3 Å². The minimum absolute atomic E-state index is 0.0190. The fourth-order valence-electron chi connectivity index (χ4n) is 3.21. The zero-order valence-electron chi connectivity index (χ0n) is 18.4. The van der Waals surface area contributed by atoms with E-state index < -0.39 is 6.09 Å². The molecule has 3 N–H and O–H groups in total. The van der Waals surface area contributed by atoms with Gasteiger partial charge in [-0.05, 0) is 54.8 Å². The van der Waals surface area contributed by atoms with Gasteiger partial charge in [0.2, 0.25) is 0 Å². The smallest absolute Gasteiger partial charge is 0.410 e. The summed E-state index contributed by atoms with van der Waals surface area (Å²) in [5, 5.41) is 15.2. The van der Waals surface area contributed by atoms with Crippen LogP contribution < -0.4 is 15.4 Å². The Balaban J connectivity index is 1.61. The number of hydrogen-bond acceptors (Lipinski definition) is 8. The highest BCUT2D eigenvalue weighted by Crippen LogP contribution is 2.35. The van der Waals surface area contributed by atoms with Crippen LogP contribution in [0.25, 0.3) is 22.6 Å². The third-order valence-corrected chi connectivity index (χ3v) is 5.55. The summed E-state index contributed by atoms with van der Waals surface area (Å²) >= 11 is 1.52. The molecule has 0 unspecified atom stereocenters. The molecule has 0 bridgehead atoms. The van der Waals surface area contributed by atoms with E-state index in [-0.39, 0.29) is 6.61 Å². The largest absolute Gasteiger partial charge is 0.417 e. The highest BCUT2D eigenvalue weighted by atomic mass is 32.2. The lowest BCUT2D eigenvalue weighted by molar-refractivity contribution is 0.215. The predicted molar refractivity (Wildman–Crippen MR) is 134 cm³/mol. The third-order valence-electron chi connectivity index (χ3n) is 4.75. The summed E-state index contributed by atoms with van der Waals surface area (Å²) in [6.45, 7) is 0.345. The molecule has 34 heavy (non-hydrogen) atoms. The van der Waals surface area contributed by atoms with Gasteiger partial charge in [0.05, 0.1) is 17.2 Å². The van der Waals surface area contributed by atoms with E-state index in [4.69, 9.17) is 14.7 Å². The molecule has 0 spiro atoms. The minimum Gasteiger partial charge on any atom is -0.410 e. The van der Waals surface area contributed by atoms with E-state index in [1.54, 1.807) is 48.8 Å². The summed E-state index contributed by atoms with van der Waals surface area (Å²) in [5.41, 5.74) is 2.97. The lowest BCUT2D eigenvalue weighted by Crippen LogP contribution is -2.16. The van der Waals surface area contributed by atoms with Crippen molar-refractivity contribution in [1.29, 1.82) is 0 Å². The second kappa shape index (κ2) is 11.3. The first kappa shape index (κ1) is 23.2. The lowest BCUT2D eigenvalue weighted by Gasteiger charge is -2.15. The van der Waals surface area contributed by atoms with Gasteiger partial charge >= 0.3 is 6.09 Å². The second-order valence-corrected chi connectivity index (χ2v) is 7.89. The molecule has 8 nitrogen and oxygen atoms in total. The minimum atomic E-state index is -0.575. The number of rotatable bonds is 8. The maximum atomic E-state index is 12.2. The molecule has 172 valence electrons. The van der Waals surface area contributed by atoms with Gasteiger partial charge in [0, 0.05) is 35.8 Å². The summed E-state index contributed by atoms with van der Waals surface area (Å²) in [4.78, 5) is 26.8. The van der Waals surface area contributed by atoms with Crippen molar-refractivity contribution in [2.75, 3.05) is 30.0 Å². The number of aromatic nitrogens is 3. The van der Waals surface area contributed by atoms with Gasteiger partial charge in [-0.15, -0.1) is 11.8 Å². The van der Waals surface area contributed by atoms with Crippen LogP contribution in [0.3, 0.4) is 0 Å². The molecule has 2 aromatic carbocycles.